The van der Waals surface area contributed by atoms with Crippen molar-refractivity contribution in [3.8, 4) is 0 Å². The number of ether oxygens (including phenoxy) is 1. The molecular weight excluding hydrogens is 316 g/mol. The molecule has 1 unspecified atom stereocenters. The first-order valence-electron chi connectivity index (χ1n) is 7.75. The fourth-order valence-electron chi connectivity index (χ4n) is 2.75. The molecule has 1 saturated heterocycles. The highest BCUT2D eigenvalue weighted by Crippen LogP contribution is 2.24. The highest BCUT2D eigenvalue weighted by atomic mass is 35.5. The number of halogens is 1. The van der Waals surface area contributed by atoms with Crippen molar-refractivity contribution in [3.63, 3.8) is 0 Å². The second-order valence-corrected chi connectivity index (χ2v) is 6.00. The van der Waals surface area contributed by atoms with Crippen LogP contribution in [0.5, 0.6) is 0 Å². The molecule has 6 nitrogen and oxygen atoms in total. The second-order valence-electron chi connectivity index (χ2n) is 5.62. The molecule has 1 atom stereocenters. The number of aromatic nitrogens is 2. The summed E-state index contributed by atoms with van der Waals surface area (Å²) < 4.78 is 11.3. The van der Waals surface area contributed by atoms with E-state index >= 15 is 0 Å². The van der Waals surface area contributed by atoms with Gasteiger partial charge in [0, 0.05) is 25.7 Å². The third-order valence-corrected chi connectivity index (χ3v) is 4.05. The largest absolute Gasteiger partial charge is 0.465 e. The van der Waals surface area contributed by atoms with Crippen LogP contribution >= 0.6 is 11.6 Å². The zero-order chi connectivity index (χ0) is 16.2. The van der Waals surface area contributed by atoms with Crippen LogP contribution in [-0.2, 0) is 4.74 Å². The molecule has 1 fully saturated rings. The van der Waals surface area contributed by atoms with Gasteiger partial charge in [0.15, 0.2) is 0 Å². The molecule has 7 heteroatoms. The van der Waals surface area contributed by atoms with E-state index in [2.05, 4.69) is 20.2 Å². The average Bonchev–Trinajstić information content (AvgIpc) is 2.94. The maximum atomic E-state index is 6.00. The van der Waals surface area contributed by atoms with Gasteiger partial charge in [-0.1, -0.05) is 11.6 Å². The van der Waals surface area contributed by atoms with Gasteiger partial charge in [0.05, 0.1) is 19.3 Å². The Labute approximate surface area is 140 Å². The van der Waals surface area contributed by atoms with E-state index in [1.165, 1.54) is 0 Å². The van der Waals surface area contributed by atoms with Gasteiger partial charge in [-0.25, -0.2) is 9.97 Å². The summed E-state index contributed by atoms with van der Waals surface area (Å²) in [6.45, 7) is 7.72. The van der Waals surface area contributed by atoms with Crippen LogP contribution in [0.4, 0.5) is 5.82 Å². The fraction of sp³-hybridized carbons (Fsp3) is 0.500. The minimum absolute atomic E-state index is 0.127. The lowest BCUT2D eigenvalue weighted by molar-refractivity contribution is 0.0143. The molecule has 2 aromatic rings. The second kappa shape index (κ2) is 7.29. The van der Waals surface area contributed by atoms with Gasteiger partial charge >= 0.3 is 0 Å². The molecule has 124 valence electrons. The van der Waals surface area contributed by atoms with Crippen molar-refractivity contribution in [2.24, 2.45) is 0 Å². The Morgan fingerprint density at radius 3 is 2.70 bits per heavy atom. The first kappa shape index (κ1) is 16.2. The van der Waals surface area contributed by atoms with Crippen LogP contribution in [0.1, 0.15) is 23.4 Å². The van der Waals surface area contributed by atoms with E-state index in [9.17, 15) is 0 Å². The van der Waals surface area contributed by atoms with Crippen LogP contribution in [0, 0.1) is 13.8 Å². The minimum Gasteiger partial charge on any atom is -0.465 e. The monoisotopic (exact) mass is 336 g/mol. The zero-order valence-corrected chi connectivity index (χ0v) is 14.1. The van der Waals surface area contributed by atoms with Crippen LogP contribution in [-0.4, -0.2) is 47.7 Å². The van der Waals surface area contributed by atoms with Gasteiger partial charge in [-0.2, -0.15) is 0 Å². The Bertz CT molecular complexity index is 635. The van der Waals surface area contributed by atoms with Gasteiger partial charge in [0.25, 0.3) is 0 Å². The quantitative estimate of drug-likeness (QED) is 0.847. The molecule has 2 aromatic heterocycles. The van der Waals surface area contributed by atoms with Crippen LogP contribution in [0.25, 0.3) is 0 Å². The molecule has 1 N–H and O–H groups in total. The first-order valence-corrected chi connectivity index (χ1v) is 8.13. The molecule has 0 amide bonds. The summed E-state index contributed by atoms with van der Waals surface area (Å²) in [5.41, 5.74) is 0. The van der Waals surface area contributed by atoms with Gasteiger partial charge in [-0.3, -0.25) is 4.90 Å². The summed E-state index contributed by atoms with van der Waals surface area (Å²) in [5, 5.41) is 3.79. The van der Waals surface area contributed by atoms with Crippen LogP contribution < -0.4 is 5.32 Å². The van der Waals surface area contributed by atoms with Crippen molar-refractivity contribution >= 4 is 17.4 Å². The smallest absolute Gasteiger partial charge is 0.134 e. The molecule has 0 bridgehead atoms. The molecule has 0 aliphatic carbocycles. The summed E-state index contributed by atoms with van der Waals surface area (Å²) in [6, 6.07) is 5.89. The van der Waals surface area contributed by atoms with Gasteiger partial charge in [-0.05, 0) is 26.0 Å². The standard InChI is InChI=1S/C16H21ClN4O2/c1-11-3-4-14(23-11)13(21-5-7-22-8-6-21)10-18-16-9-15(17)19-12(2)20-16/h3-4,9,13H,5-8,10H2,1-2H3,(H,18,19,20). The predicted molar refractivity (Wildman–Crippen MR) is 88.8 cm³/mol. The average molecular weight is 337 g/mol. The van der Waals surface area contributed by atoms with Crippen LogP contribution in [0.3, 0.4) is 0 Å². The number of nitrogens with zero attached hydrogens (tertiary/aromatic N) is 3. The Morgan fingerprint density at radius 2 is 2.04 bits per heavy atom. The van der Waals surface area contributed by atoms with Crippen molar-refractivity contribution in [1.29, 1.82) is 0 Å². The topological polar surface area (TPSA) is 63.4 Å². The van der Waals surface area contributed by atoms with Gasteiger partial charge in [0.1, 0.15) is 28.3 Å². The maximum absolute atomic E-state index is 6.00. The molecule has 1 aliphatic rings. The normalized spacial score (nSPS) is 17.2. The van der Waals surface area contributed by atoms with Crippen molar-refractivity contribution in [2.75, 3.05) is 38.2 Å². The van der Waals surface area contributed by atoms with Crippen molar-refractivity contribution in [3.05, 3.63) is 40.7 Å². The lowest BCUT2D eigenvalue weighted by Gasteiger charge is -2.33. The van der Waals surface area contributed by atoms with Crippen molar-refractivity contribution in [1.82, 2.24) is 14.9 Å². The highest BCUT2D eigenvalue weighted by molar-refractivity contribution is 6.29. The first-order chi connectivity index (χ1) is 11.1. The van der Waals surface area contributed by atoms with E-state index in [0.29, 0.717) is 17.5 Å². The summed E-state index contributed by atoms with van der Waals surface area (Å²) in [6.07, 6.45) is 0. The Kier molecular flexibility index (Phi) is 5.15. The predicted octanol–water partition coefficient (Wildman–Crippen LogP) is 2.83. The summed E-state index contributed by atoms with van der Waals surface area (Å²) in [5.74, 6) is 3.24. The summed E-state index contributed by atoms with van der Waals surface area (Å²) >= 11 is 6.00. The van der Waals surface area contributed by atoms with E-state index in [0.717, 1.165) is 43.6 Å². The highest BCUT2D eigenvalue weighted by Gasteiger charge is 2.25. The molecule has 0 radical (unpaired) electrons. The number of anilines is 1. The lowest BCUT2D eigenvalue weighted by Crippen LogP contribution is -2.41. The summed E-state index contributed by atoms with van der Waals surface area (Å²) in [4.78, 5) is 10.8. The molecule has 3 rings (SSSR count). The molecule has 0 spiro atoms. The number of morpholine rings is 1. The third kappa shape index (κ3) is 4.22. The van der Waals surface area contributed by atoms with E-state index in [1.54, 1.807) is 6.07 Å². The lowest BCUT2D eigenvalue weighted by atomic mass is 10.1. The van der Waals surface area contributed by atoms with Gasteiger partial charge in [0.2, 0.25) is 0 Å². The van der Waals surface area contributed by atoms with E-state index in [4.69, 9.17) is 20.8 Å². The number of nitrogens with one attached hydrogen (secondary N) is 1. The number of furan rings is 1. The van der Waals surface area contributed by atoms with Gasteiger partial charge in [-0.15, -0.1) is 0 Å². The molecule has 1 aliphatic heterocycles. The van der Waals surface area contributed by atoms with Crippen molar-refractivity contribution in [2.45, 2.75) is 19.9 Å². The number of aryl methyl sites for hydroxylation is 2. The number of hydrogen-bond acceptors (Lipinski definition) is 6. The van der Waals surface area contributed by atoms with Crippen molar-refractivity contribution < 1.29 is 9.15 Å². The zero-order valence-electron chi connectivity index (χ0n) is 13.4. The fourth-order valence-corrected chi connectivity index (χ4v) is 2.98. The Morgan fingerprint density at radius 1 is 1.26 bits per heavy atom. The van der Waals surface area contributed by atoms with Gasteiger partial charge < -0.3 is 14.5 Å². The molecule has 0 aromatic carbocycles. The Balaban J connectivity index is 1.75. The maximum Gasteiger partial charge on any atom is 0.134 e. The molecule has 23 heavy (non-hydrogen) atoms. The van der Waals surface area contributed by atoms with Crippen LogP contribution in [0.15, 0.2) is 22.6 Å². The van der Waals surface area contributed by atoms with E-state index in [1.807, 2.05) is 26.0 Å². The molecule has 0 saturated carbocycles. The summed E-state index contributed by atoms with van der Waals surface area (Å²) in [7, 11) is 0. The molecular formula is C16H21ClN4O2. The third-order valence-electron chi connectivity index (χ3n) is 3.86. The van der Waals surface area contributed by atoms with E-state index in [-0.39, 0.29) is 6.04 Å². The molecule has 3 heterocycles. The number of hydrogen-bond donors (Lipinski definition) is 1. The number of rotatable bonds is 5. The SMILES string of the molecule is Cc1nc(Cl)cc(NCC(c2ccc(C)o2)N2CCOCC2)n1. The van der Waals surface area contributed by atoms with E-state index < -0.39 is 0 Å². The Hall–Kier alpha value is -1.63. The minimum atomic E-state index is 0.127. The van der Waals surface area contributed by atoms with Crippen LogP contribution in [0.2, 0.25) is 5.15 Å².